The van der Waals surface area contributed by atoms with E-state index in [1.807, 2.05) is 18.2 Å². The number of hydrogen-bond donors (Lipinski definition) is 0. The fourth-order valence-electron chi connectivity index (χ4n) is 4.31. The van der Waals surface area contributed by atoms with E-state index in [0.717, 1.165) is 29.4 Å². The third kappa shape index (κ3) is 3.85. The molecular weight excluding hydrogens is 332 g/mol. The van der Waals surface area contributed by atoms with Crippen molar-refractivity contribution in [3.8, 4) is 11.5 Å². The van der Waals surface area contributed by atoms with Gasteiger partial charge in [-0.15, -0.1) is 0 Å². The lowest BCUT2D eigenvalue weighted by atomic mass is 9.75. The van der Waals surface area contributed by atoms with E-state index in [4.69, 9.17) is 23.7 Å². The molecule has 0 amide bonds. The van der Waals surface area contributed by atoms with E-state index in [9.17, 15) is 0 Å². The molecule has 2 heterocycles. The van der Waals surface area contributed by atoms with Crippen molar-refractivity contribution in [2.24, 2.45) is 17.8 Å². The predicted octanol–water partition coefficient (Wildman–Crippen LogP) is 4.31. The van der Waals surface area contributed by atoms with Gasteiger partial charge in [0, 0.05) is 5.56 Å². The molecule has 144 valence electrons. The fourth-order valence-corrected chi connectivity index (χ4v) is 4.31. The van der Waals surface area contributed by atoms with Crippen LogP contribution in [0.2, 0.25) is 0 Å². The third-order valence-corrected chi connectivity index (χ3v) is 5.88. The first kappa shape index (κ1) is 18.1. The molecule has 3 aliphatic rings. The molecule has 4 rings (SSSR count). The van der Waals surface area contributed by atoms with E-state index in [2.05, 4.69) is 20.8 Å². The number of ether oxygens (including phenoxy) is 5. The Morgan fingerprint density at radius 3 is 2.85 bits per heavy atom. The maximum absolute atomic E-state index is 6.32. The SMILES string of the molecule is CC(C)[C@@H]1CC[C@@H](C)C[C@H]1OCC1COC(c2ccc3c(c2)OCO3)O1. The molecule has 1 saturated carbocycles. The molecule has 26 heavy (non-hydrogen) atoms. The summed E-state index contributed by atoms with van der Waals surface area (Å²) in [7, 11) is 0. The van der Waals surface area contributed by atoms with Gasteiger partial charge in [0.2, 0.25) is 6.79 Å². The van der Waals surface area contributed by atoms with Crippen molar-refractivity contribution >= 4 is 0 Å². The van der Waals surface area contributed by atoms with Crippen molar-refractivity contribution in [1.29, 1.82) is 0 Å². The van der Waals surface area contributed by atoms with Crippen LogP contribution in [0.25, 0.3) is 0 Å². The Balaban J connectivity index is 1.31. The first-order valence-corrected chi connectivity index (χ1v) is 9.88. The Kier molecular flexibility index (Phi) is 5.39. The predicted molar refractivity (Wildman–Crippen MR) is 97.2 cm³/mol. The maximum atomic E-state index is 6.32. The molecule has 5 nitrogen and oxygen atoms in total. The number of hydrogen-bond acceptors (Lipinski definition) is 5. The topological polar surface area (TPSA) is 46.2 Å². The highest BCUT2D eigenvalue weighted by molar-refractivity contribution is 5.44. The van der Waals surface area contributed by atoms with Crippen LogP contribution < -0.4 is 9.47 Å². The minimum Gasteiger partial charge on any atom is -0.454 e. The molecule has 0 radical (unpaired) electrons. The Bertz CT molecular complexity index is 616. The minimum absolute atomic E-state index is 0.0181. The number of fused-ring (bicyclic) bond motifs is 1. The van der Waals surface area contributed by atoms with Gasteiger partial charge in [0.1, 0.15) is 6.10 Å². The molecular formula is C21H30O5. The van der Waals surface area contributed by atoms with Gasteiger partial charge in [-0.25, -0.2) is 0 Å². The number of benzene rings is 1. The minimum atomic E-state index is -0.357. The monoisotopic (exact) mass is 362 g/mol. The van der Waals surface area contributed by atoms with Crippen LogP contribution in [0, 0.1) is 17.8 Å². The van der Waals surface area contributed by atoms with Crippen LogP contribution in [0.3, 0.4) is 0 Å². The Morgan fingerprint density at radius 2 is 2.00 bits per heavy atom. The Hall–Kier alpha value is -1.30. The summed E-state index contributed by atoms with van der Waals surface area (Å²) < 4.78 is 29.0. The molecule has 0 aromatic heterocycles. The van der Waals surface area contributed by atoms with E-state index in [1.54, 1.807) is 0 Å². The van der Waals surface area contributed by atoms with Gasteiger partial charge in [-0.2, -0.15) is 0 Å². The zero-order valence-electron chi connectivity index (χ0n) is 16.0. The van der Waals surface area contributed by atoms with E-state index in [0.29, 0.717) is 31.2 Å². The molecule has 1 aromatic carbocycles. The molecule has 2 unspecified atom stereocenters. The fraction of sp³-hybridized carbons (Fsp3) is 0.714. The summed E-state index contributed by atoms with van der Waals surface area (Å²) >= 11 is 0. The van der Waals surface area contributed by atoms with Gasteiger partial charge in [-0.05, 0) is 48.8 Å². The summed E-state index contributed by atoms with van der Waals surface area (Å²) in [6.45, 7) is 8.38. The van der Waals surface area contributed by atoms with Crippen molar-refractivity contribution in [3.05, 3.63) is 23.8 Å². The second-order valence-electron chi connectivity index (χ2n) is 8.23. The van der Waals surface area contributed by atoms with Gasteiger partial charge in [-0.1, -0.05) is 27.2 Å². The van der Waals surface area contributed by atoms with Crippen LogP contribution in [-0.4, -0.2) is 32.2 Å². The van der Waals surface area contributed by atoms with Crippen molar-refractivity contribution in [1.82, 2.24) is 0 Å². The molecule has 5 heteroatoms. The second kappa shape index (κ2) is 7.75. The molecule has 0 bridgehead atoms. The van der Waals surface area contributed by atoms with Gasteiger partial charge in [-0.3, -0.25) is 0 Å². The summed E-state index contributed by atoms with van der Waals surface area (Å²) in [6, 6.07) is 5.82. The molecule has 1 aliphatic carbocycles. The summed E-state index contributed by atoms with van der Waals surface area (Å²) in [5.74, 6) is 3.59. The molecule has 0 spiro atoms. The van der Waals surface area contributed by atoms with Crippen molar-refractivity contribution in [3.63, 3.8) is 0 Å². The Morgan fingerprint density at radius 1 is 1.15 bits per heavy atom. The first-order chi connectivity index (χ1) is 12.6. The van der Waals surface area contributed by atoms with Gasteiger partial charge < -0.3 is 23.7 Å². The lowest BCUT2D eigenvalue weighted by Gasteiger charge is -2.37. The van der Waals surface area contributed by atoms with Crippen LogP contribution in [0.5, 0.6) is 11.5 Å². The summed E-state index contributed by atoms with van der Waals surface area (Å²) in [5.41, 5.74) is 0.961. The molecule has 2 aliphatic heterocycles. The van der Waals surface area contributed by atoms with Crippen molar-refractivity contribution in [2.75, 3.05) is 20.0 Å². The van der Waals surface area contributed by atoms with E-state index in [-0.39, 0.29) is 19.2 Å². The zero-order chi connectivity index (χ0) is 18.1. The van der Waals surface area contributed by atoms with Gasteiger partial charge >= 0.3 is 0 Å². The normalized spacial score (nSPS) is 33.8. The molecule has 1 saturated heterocycles. The Labute approximate surface area is 155 Å². The lowest BCUT2D eigenvalue weighted by Crippen LogP contribution is -2.36. The van der Waals surface area contributed by atoms with E-state index < -0.39 is 0 Å². The van der Waals surface area contributed by atoms with Crippen LogP contribution in [0.1, 0.15) is 51.9 Å². The highest BCUT2D eigenvalue weighted by atomic mass is 16.7. The van der Waals surface area contributed by atoms with Gasteiger partial charge in [0.25, 0.3) is 0 Å². The van der Waals surface area contributed by atoms with Crippen LogP contribution in [0.4, 0.5) is 0 Å². The lowest BCUT2D eigenvalue weighted by molar-refractivity contribution is -0.0993. The van der Waals surface area contributed by atoms with Gasteiger partial charge in [0.15, 0.2) is 17.8 Å². The highest BCUT2D eigenvalue weighted by Gasteiger charge is 2.34. The van der Waals surface area contributed by atoms with E-state index in [1.165, 1.54) is 12.8 Å². The van der Waals surface area contributed by atoms with Crippen LogP contribution >= 0.6 is 0 Å². The standard InChI is InChI=1S/C21H30O5/c1-13(2)17-6-4-14(3)8-19(17)22-10-16-11-23-21(26-16)15-5-7-18-20(9-15)25-12-24-18/h5,7,9,13-14,16-17,19,21H,4,6,8,10-12H2,1-3H3/t14-,16?,17+,19-,21?/m1/s1. The molecule has 2 fully saturated rings. The summed E-state index contributed by atoms with van der Waals surface area (Å²) in [4.78, 5) is 0. The van der Waals surface area contributed by atoms with Crippen molar-refractivity contribution < 1.29 is 23.7 Å². The smallest absolute Gasteiger partial charge is 0.231 e. The number of rotatable bonds is 5. The average molecular weight is 362 g/mol. The summed E-state index contributed by atoms with van der Waals surface area (Å²) in [6.07, 6.45) is 3.71. The van der Waals surface area contributed by atoms with E-state index >= 15 is 0 Å². The van der Waals surface area contributed by atoms with Crippen LogP contribution in [0.15, 0.2) is 18.2 Å². The first-order valence-electron chi connectivity index (χ1n) is 9.88. The summed E-state index contributed by atoms with van der Waals surface area (Å²) in [5, 5.41) is 0. The maximum Gasteiger partial charge on any atom is 0.231 e. The van der Waals surface area contributed by atoms with Gasteiger partial charge in [0.05, 0.1) is 19.3 Å². The molecule has 1 aromatic rings. The third-order valence-electron chi connectivity index (χ3n) is 5.88. The zero-order valence-corrected chi connectivity index (χ0v) is 16.0. The largest absolute Gasteiger partial charge is 0.454 e. The second-order valence-corrected chi connectivity index (χ2v) is 8.23. The average Bonchev–Trinajstić information content (AvgIpc) is 3.28. The molecule has 5 atom stereocenters. The molecule has 0 N–H and O–H groups in total. The van der Waals surface area contributed by atoms with Crippen LogP contribution in [-0.2, 0) is 14.2 Å². The highest BCUT2D eigenvalue weighted by Crippen LogP contribution is 2.38. The quantitative estimate of drug-likeness (QED) is 0.781. The van der Waals surface area contributed by atoms with Crippen molar-refractivity contribution in [2.45, 2.75) is 58.5 Å².